The van der Waals surface area contributed by atoms with E-state index in [4.69, 9.17) is 0 Å². The van der Waals surface area contributed by atoms with Gasteiger partial charge in [0.15, 0.2) is 0 Å². The number of carbonyl (C=O) groups excluding carboxylic acids is 1. The molecule has 0 aromatic heterocycles. The second-order valence-electron chi connectivity index (χ2n) is 6.54. The second kappa shape index (κ2) is 10.2. The molecule has 1 fully saturated rings. The van der Waals surface area contributed by atoms with Gasteiger partial charge in [-0.15, -0.1) is 13.2 Å². The number of nitrogens with zero attached hydrogens (tertiary/aromatic N) is 2. The van der Waals surface area contributed by atoms with Crippen LogP contribution in [0.15, 0.2) is 60.5 Å². The number of hydrogen-bond donors (Lipinski definition) is 0. The number of carbonyl (C=O) groups is 1. The van der Waals surface area contributed by atoms with Crippen LogP contribution in [-0.4, -0.2) is 49.7 Å². The van der Waals surface area contributed by atoms with Crippen LogP contribution >= 0.6 is 0 Å². The zero-order valence-electron chi connectivity index (χ0n) is 15.7. The summed E-state index contributed by atoms with van der Waals surface area (Å²) in [6.45, 7) is 9.36. The minimum atomic E-state index is -3.45. The van der Waals surface area contributed by atoms with Crippen molar-refractivity contribution in [3.8, 4) is 0 Å². The summed E-state index contributed by atoms with van der Waals surface area (Å²) in [4.78, 5) is 14.1. The summed E-state index contributed by atoms with van der Waals surface area (Å²) in [5, 5.41) is 0. The quantitative estimate of drug-likeness (QED) is 0.506. The lowest BCUT2D eigenvalue weighted by molar-refractivity contribution is -0.124. The molecule has 1 aromatic rings. The molecule has 0 saturated carbocycles. The highest BCUT2D eigenvalue weighted by Crippen LogP contribution is 2.21. The van der Waals surface area contributed by atoms with E-state index in [1.165, 1.54) is 6.08 Å². The molecule has 0 spiro atoms. The molecular formula is C21H28N2O3S. The molecule has 0 N–H and O–H groups in total. The van der Waals surface area contributed by atoms with Gasteiger partial charge in [-0.3, -0.25) is 4.79 Å². The number of rotatable bonds is 8. The van der Waals surface area contributed by atoms with Crippen LogP contribution in [0.5, 0.6) is 0 Å². The fourth-order valence-electron chi connectivity index (χ4n) is 3.02. The van der Waals surface area contributed by atoms with Gasteiger partial charge in [0.1, 0.15) is 0 Å². The Morgan fingerprint density at radius 3 is 2.07 bits per heavy atom. The highest BCUT2D eigenvalue weighted by atomic mass is 32.2. The third-order valence-corrected chi connectivity index (χ3v) is 6.42. The Morgan fingerprint density at radius 2 is 1.56 bits per heavy atom. The van der Waals surface area contributed by atoms with Gasteiger partial charge < -0.3 is 4.90 Å². The van der Waals surface area contributed by atoms with E-state index < -0.39 is 10.0 Å². The van der Waals surface area contributed by atoms with E-state index in [-0.39, 0.29) is 5.91 Å². The van der Waals surface area contributed by atoms with Crippen LogP contribution < -0.4 is 0 Å². The Hall–Kier alpha value is -2.18. The first-order chi connectivity index (χ1) is 13.0. The lowest BCUT2D eigenvalue weighted by atomic mass is 10.2. The summed E-state index contributed by atoms with van der Waals surface area (Å²) in [7, 11) is -3.45. The van der Waals surface area contributed by atoms with Crippen molar-refractivity contribution < 1.29 is 13.2 Å². The summed E-state index contributed by atoms with van der Waals surface area (Å²) in [5.41, 5.74) is 0.773. The van der Waals surface area contributed by atoms with Gasteiger partial charge in [-0.2, -0.15) is 4.31 Å². The molecule has 27 heavy (non-hydrogen) atoms. The maximum absolute atomic E-state index is 12.8. The average molecular weight is 389 g/mol. The predicted octanol–water partition coefficient (Wildman–Crippen LogP) is 3.47. The van der Waals surface area contributed by atoms with Crippen LogP contribution in [0.1, 0.15) is 31.2 Å². The van der Waals surface area contributed by atoms with Crippen molar-refractivity contribution in [2.75, 3.05) is 26.2 Å². The maximum Gasteiger partial charge on any atom is 0.247 e. The molecular weight excluding hydrogens is 360 g/mol. The van der Waals surface area contributed by atoms with Crippen LogP contribution in [0.3, 0.4) is 0 Å². The van der Waals surface area contributed by atoms with E-state index in [2.05, 4.69) is 13.2 Å². The van der Waals surface area contributed by atoms with Crippen LogP contribution in [0.4, 0.5) is 0 Å². The maximum atomic E-state index is 12.8. The number of sulfonamides is 1. The first-order valence-electron chi connectivity index (χ1n) is 9.28. The molecule has 1 aliphatic heterocycles. The Morgan fingerprint density at radius 1 is 1.00 bits per heavy atom. The van der Waals surface area contributed by atoms with Crippen molar-refractivity contribution in [2.45, 2.75) is 30.6 Å². The molecule has 5 nitrogen and oxygen atoms in total. The third kappa shape index (κ3) is 5.91. The third-order valence-electron chi connectivity index (χ3n) is 4.51. The van der Waals surface area contributed by atoms with Gasteiger partial charge >= 0.3 is 0 Å². The van der Waals surface area contributed by atoms with Crippen molar-refractivity contribution in [1.29, 1.82) is 0 Å². The number of hydrogen-bond acceptors (Lipinski definition) is 3. The largest absolute Gasteiger partial charge is 0.332 e. The van der Waals surface area contributed by atoms with Gasteiger partial charge in [-0.05, 0) is 36.6 Å². The molecule has 0 bridgehead atoms. The van der Waals surface area contributed by atoms with Gasteiger partial charge in [0.25, 0.3) is 0 Å². The van der Waals surface area contributed by atoms with E-state index in [9.17, 15) is 13.2 Å². The Kier molecular flexibility index (Phi) is 8.00. The molecule has 1 amide bonds. The minimum absolute atomic E-state index is 0.143. The van der Waals surface area contributed by atoms with Crippen molar-refractivity contribution in [2.24, 2.45) is 0 Å². The van der Waals surface area contributed by atoms with E-state index >= 15 is 0 Å². The van der Waals surface area contributed by atoms with E-state index in [1.807, 2.05) is 0 Å². The molecule has 0 aliphatic carbocycles. The normalized spacial score (nSPS) is 16.0. The van der Waals surface area contributed by atoms with E-state index in [0.717, 1.165) is 31.2 Å². The average Bonchev–Trinajstić information content (AvgIpc) is 2.96. The van der Waals surface area contributed by atoms with Crippen LogP contribution in [0, 0.1) is 0 Å². The van der Waals surface area contributed by atoms with Gasteiger partial charge in [-0.25, -0.2) is 8.42 Å². The number of amides is 1. The van der Waals surface area contributed by atoms with Gasteiger partial charge in [-0.1, -0.05) is 37.1 Å². The zero-order chi connectivity index (χ0) is 19.7. The fourth-order valence-corrected chi connectivity index (χ4v) is 4.54. The fraction of sp³-hybridized carbons (Fsp3) is 0.381. The molecule has 6 heteroatoms. The van der Waals surface area contributed by atoms with Crippen LogP contribution in [-0.2, 0) is 14.8 Å². The molecule has 0 unspecified atom stereocenters. The highest BCUT2D eigenvalue weighted by Gasteiger charge is 2.24. The van der Waals surface area contributed by atoms with Gasteiger partial charge in [0.05, 0.1) is 4.90 Å². The SMILES string of the molecule is C=CCN(CC=C)C(=O)/C=C/c1ccc(S(=O)(=O)N2CCCCCC2)cc1. The van der Waals surface area contributed by atoms with Crippen molar-refractivity contribution in [3.63, 3.8) is 0 Å². The number of benzene rings is 1. The smallest absolute Gasteiger partial charge is 0.247 e. The summed E-state index contributed by atoms with van der Waals surface area (Å²) in [5.74, 6) is -0.143. The summed E-state index contributed by atoms with van der Waals surface area (Å²) in [6, 6.07) is 6.66. The molecule has 0 radical (unpaired) electrons. The first-order valence-corrected chi connectivity index (χ1v) is 10.7. The van der Waals surface area contributed by atoms with Crippen molar-refractivity contribution >= 4 is 22.0 Å². The highest BCUT2D eigenvalue weighted by molar-refractivity contribution is 7.89. The van der Waals surface area contributed by atoms with E-state index in [0.29, 0.717) is 31.1 Å². The van der Waals surface area contributed by atoms with Gasteiger partial charge in [0.2, 0.25) is 15.9 Å². The monoisotopic (exact) mass is 388 g/mol. The predicted molar refractivity (Wildman–Crippen MR) is 110 cm³/mol. The molecule has 1 heterocycles. The molecule has 1 saturated heterocycles. The first kappa shape index (κ1) is 21.1. The standard InChI is InChI=1S/C21H28N2O3S/c1-3-15-22(16-4-2)21(24)14-11-19-9-12-20(13-10-19)27(25,26)23-17-7-5-6-8-18-23/h3-4,9-14H,1-2,5-8,15-18H2/b14-11+. The summed E-state index contributed by atoms with van der Waals surface area (Å²) < 4.78 is 27.1. The lowest BCUT2D eigenvalue weighted by Crippen LogP contribution is -2.31. The van der Waals surface area contributed by atoms with Crippen molar-refractivity contribution in [1.82, 2.24) is 9.21 Å². The molecule has 146 valence electrons. The van der Waals surface area contributed by atoms with Crippen molar-refractivity contribution in [3.05, 3.63) is 61.2 Å². The molecule has 1 aromatic carbocycles. The minimum Gasteiger partial charge on any atom is -0.332 e. The Bertz CT molecular complexity index is 764. The lowest BCUT2D eigenvalue weighted by Gasteiger charge is -2.20. The topological polar surface area (TPSA) is 57.7 Å². The van der Waals surface area contributed by atoms with Crippen LogP contribution in [0.25, 0.3) is 6.08 Å². The molecule has 0 atom stereocenters. The summed E-state index contributed by atoms with van der Waals surface area (Å²) in [6.07, 6.45) is 10.5. The summed E-state index contributed by atoms with van der Waals surface area (Å²) >= 11 is 0. The zero-order valence-corrected chi connectivity index (χ0v) is 16.5. The van der Waals surface area contributed by atoms with E-state index in [1.54, 1.807) is 51.7 Å². The Labute approximate surface area is 162 Å². The molecule has 2 rings (SSSR count). The van der Waals surface area contributed by atoms with Crippen LogP contribution in [0.2, 0.25) is 0 Å². The van der Waals surface area contributed by atoms with Gasteiger partial charge in [0, 0.05) is 32.3 Å². The molecule has 1 aliphatic rings. The Balaban J connectivity index is 2.08. The second-order valence-corrected chi connectivity index (χ2v) is 8.48.